The highest BCUT2D eigenvalue weighted by atomic mass is 35.5. The van der Waals surface area contributed by atoms with E-state index in [4.69, 9.17) is 23.2 Å². The van der Waals surface area contributed by atoms with Gasteiger partial charge in [0.2, 0.25) is 5.91 Å². The van der Waals surface area contributed by atoms with E-state index in [1.807, 2.05) is 0 Å². The summed E-state index contributed by atoms with van der Waals surface area (Å²) in [5.41, 5.74) is 0.485. The van der Waals surface area contributed by atoms with Crippen LogP contribution in [-0.2, 0) is 4.79 Å². The molecule has 0 spiro atoms. The van der Waals surface area contributed by atoms with E-state index in [2.05, 4.69) is 11.9 Å². The number of anilines is 1. The lowest BCUT2D eigenvalue weighted by Crippen LogP contribution is -2.07. The quantitative estimate of drug-likeness (QED) is 0.756. The standard InChI is InChI=1S/C9H7Cl2NO/c1-2-9(13)12-8-5-6(10)3-4-7(8)11/h2-5H,1H2,(H,12,13). The number of nitrogens with one attached hydrogen (secondary N) is 1. The van der Waals surface area contributed by atoms with Crippen LogP contribution in [0.5, 0.6) is 0 Å². The van der Waals surface area contributed by atoms with Gasteiger partial charge in [0.25, 0.3) is 0 Å². The molecule has 1 rings (SSSR count). The highest BCUT2D eigenvalue weighted by Crippen LogP contribution is 2.25. The SMILES string of the molecule is C=CC(=O)Nc1cc(Cl)ccc1Cl. The molecule has 1 N–H and O–H groups in total. The number of amides is 1. The number of hydrogen-bond acceptors (Lipinski definition) is 1. The average Bonchev–Trinajstić information content (AvgIpc) is 2.11. The summed E-state index contributed by atoms with van der Waals surface area (Å²) < 4.78 is 0. The van der Waals surface area contributed by atoms with Crippen molar-refractivity contribution in [1.82, 2.24) is 0 Å². The molecule has 1 amide bonds. The zero-order valence-corrected chi connectivity index (χ0v) is 8.19. The molecule has 68 valence electrons. The molecule has 0 aliphatic heterocycles. The van der Waals surface area contributed by atoms with Gasteiger partial charge in [-0.3, -0.25) is 4.79 Å². The second-order valence-corrected chi connectivity index (χ2v) is 3.16. The van der Waals surface area contributed by atoms with Crippen LogP contribution in [-0.4, -0.2) is 5.91 Å². The molecule has 0 heterocycles. The summed E-state index contributed by atoms with van der Waals surface area (Å²) in [6.45, 7) is 3.32. The molecular formula is C9H7Cl2NO. The summed E-state index contributed by atoms with van der Waals surface area (Å²) in [6, 6.07) is 4.83. The van der Waals surface area contributed by atoms with Gasteiger partial charge in [0.1, 0.15) is 0 Å². The lowest BCUT2D eigenvalue weighted by molar-refractivity contribution is -0.111. The predicted octanol–water partition coefficient (Wildman–Crippen LogP) is 3.12. The van der Waals surface area contributed by atoms with Crippen molar-refractivity contribution in [3.63, 3.8) is 0 Å². The van der Waals surface area contributed by atoms with Gasteiger partial charge in [0.15, 0.2) is 0 Å². The number of benzene rings is 1. The van der Waals surface area contributed by atoms with Crippen LogP contribution in [0.25, 0.3) is 0 Å². The molecule has 1 aromatic carbocycles. The van der Waals surface area contributed by atoms with Gasteiger partial charge in [-0.1, -0.05) is 29.8 Å². The van der Waals surface area contributed by atoms with Crippen molar-refractivity contribution in [1.29, 1.82) is 0 Å². The van der Waals surface area contributed by atoms with Crippen LogP contribution in [0.4, 0.5) is 5.69 Å². The Morgan fingerprint density at radius 2 is 2.15 bits per heavy atom. The number of rotatable bonds is 2. The molecule has 0 fully saturated rings. The van der Waals surface area contributed by atoms with Gasteiger partial charge in [0.05, 0.1) is 10.7 Å². The molecule has 0 atom stereocenters. The largest absolute Gasteiger partial charge is 0.321 e. The zero-order valence-electron chi connectivity index (χ0n) is 6.68. The number of carbonyl (C=O) groups excluding carboxylic acids is 1. The third-order valence-corrected chi connectivity index (χ3v) is 1.94. The molecular weight excluding hydrogens is 209 g/mol. The van der Waals surface area contributed by atoms with E-state index in [0.29, 0.717) is 15.7 Å². The Labute approximate surface area is 86.2 Å². The van der Waals surface area contributed by atoms with Crippen LogP contribution in [0.1, 0.15) is 0 Å². The van der Waals surface area contributed by atoms with Crippen LogP contribution >= 0.6 is 23.2 Å². The lowest BCUT2D eigenvalue weighted by Gasteiger charge is -2.04. The smallest absolute Gasteiger partial charge is 0.247 e. The molecule has 0 bridgehead atoms. The first-order valence-electron chi connectivity index (χ1n) is 3.52. The van der Waals surface area contributed by atoms with Gasteiger partial charge in [-0.05, 0) is 24.3 Å². The van der Waals surface area contributed by atoms with Crippen LogP contribution in [0.2, 0.25) is 10.0 Å². The van der Waals surface area contributed by atoms with Gasteiger partial charge in [-0.15, -0.1) is 0 Å². The van der Waals surface area contributed by atoms with Crippen LogP contribution < -0.4 is 5.32 Å². The molecule has 0 aliphatic rings. The molecule has 1 aromatic rings. The minimum atomic E-state index is -0.316. The normalized spacial score (nSPS) is 9.38. The third kappa shape index (κ3) is 2.76. The van der Waals surface area contributed by atoms with Crippen molar-refractivity contribution in [2.24, 2.45) is 0 Å². The molecule has 0 saturated carbocycles. The van der Waals surface area contributed by atoms with Gasteiger partial charge >= 0.3 is 0 Å². The monoisotopic (exact) mass is 215 g/mol. The fraction of sp³-hybridized carbons (Fsp3) is 0. The number of halogens is 2. The first kappa shape index (κ1) is 10.1. The third-order valence-electron chi connectivity index (χ3n) is 1.37. The van der Waals surface area contributed by atoms with E-state index in [-0.39, 0.29) is 5.91 Å². The molecule has 0 unspecified atom stereocenters. The predicted molar refractivity (Wildman–Crippen MR) is 55.3 cm³/mol. The fourth-order valence-electron chi connectivity index (χ4n) is 0.777. The van der Waals surface area contributed by atoms with Crippen LogP contribution in [0.3, 0.4) is 0 Å². The van der Waals surface area contributed by atoms with Crippen molar-refractivity contribution < 1.29 is 4.79 Å². The van der Waals surface area contributed by atoms with Crippen molar-refractivity contribution in [3.05, 3.63) is 40.9 Å². The van der Waals surface area contributed by atoms with Crippen molar-refractivity contribution in [2.45, 2.75) is 0 Å². The molecule has 0 aliphatic carbocycles. The van der Waals surface area contributed by atoms with Crippen LogP contribution in [0.15, 0.2) is 30.9 Å². The average molecular weight is 216 g/mol. The van der Waals surface area contributed by atoms with E-state index in [9.17, 15) is 4.79 Å². The Balaban J connectivity index is 2.93. The van der Waals surface area contributed by atoms with Gasteiger partial charge < -0.3 is 5.32 Å². The molecule has 4 heteroatoms. The number of hydrogen-bond donors (Lipinski definition) is 1. The van der Waals surface area contributed by atoms with Gasteiger partial charge in [-0.25, -0.2) is 0 Å². The second-order valence-electron chi connectivity index (χ2n) is 2.32. The Bertz CT molecular complexity index is 349. The zero-order chi connectivity index (χ0) is 9.84. The fourth-order valence-corrected chi connectivity index (χ4v) is 1.11. The number of carbonyl (C=O) groups is 1. The van der Waals surface area contributed by atoms with Crippen molar-refractivity contribution >= 4 is 34.8 Å². The minimum Gasteiger partial charge on any atom is -0.321 e. The summed E-state index contributed by atoms with van der Waals surface area (Å²) in [7, 11) is 0. The molecule has 0 radical (unpaired) electrons. The first-order chi connectivity index (χ1) is 6.13. The topological polar surface area (TPSA) is 29.1 Å². The summed E-state index contributed by atoms with van der Waals surface area (Å²) in [5, 5.41) is 3.49. The van der Waals surface area contributed by atoms with Crippen LogP contribution in [0, 0.1) is 0 Å². The summed E-state index contributed by atoms with van der Waals surface area (Å²) in [4.78, 5) is 10.9. The highest BCUT2D eigenvalue weighted by molar-refractivity contribution is 6.35. The van der Waals surface area contributed by atoms with E-state index in [1.165, 1.54) is 0 Å². The van der Waals surface area contributed by atoms with E-state index >= 15 is 0 Å². The van der Waals surface area contributed by atoms with E-state index < -0.39 is 0 Å². The van der Waals surface area contributed by atoms with Gasteiger partial charge in [-0.2, -0.15) is 0 Å². The van der Waals surface area contributed by atoms with E-state index in [0.717, 1.165) is 6.08 Å². The Morgan fingerprint density at radius 3 is 2.77 bits per heavy atom. The highest BCUT2D eigenvalue weighted by Gasteiger charge is 2.02. The maximum Gasteiger partial charge on any atom is 0.247 e. The first-order valence-corrected chi connectivity index (χ1v) is 4.27. The Kier molecular flexibility index (Phi) is 3.34. The maximum atomic E-state index is 10.9. The molecule has 0 aromatic heterocycles. The van der Waals surface area contributed by atoms with Crippen molar-refractivity contribution in [3.8, 4) is 0 Å². The minimum absolute atomic E-state index is 0.316. The van der Waals surface area contributed by atoms with Gasteiger partial charge in [0, 0.05) is 5.02 Å². The van der Waals surface area contributed by atoms with Crippen molar-refractivity contribution in [2.75, 3.05) is 5.32 Å². The Hall–Kier alpha value is -0.990. The maximum absolute atomic E-state index is 10.9. The summed E-state index contributed by atoms with van der Waals surface area (Å²) in [5.74, 6) is -0.316. The molecule has 2 nitrogen and oxygen atoms in total. The van der Waals surface area contributed by atoms with E-state index in [1.54, 1.807) is 18.2 Å². The summed E-state index contributed by atoms with van der Waals surface area (Å²) >= 11 is 11.5. The molecule has 13 heavy (non-hydrogen) atoms. The Morgan fingerprint density at radius 1 is 1.46 bits per heavy atom. The lowest BCUT2D eigenvalue weighted by atomic mass is 10.3. The molecule has 0 saturated heterocycles. The summed E-state index contributed by atoms with van der Waals surface area (Å²) in [6.07, 6.45) is 1.16. The second kappa shape index (κ2) is 4.30.